The van der Waals surface area contributed by atoms with Crippen LogP contribution in [0, 0.1) is 13.8 Å². The Balaban J connectivity index is 1.62. The zero-order valence-corrected chi connectivity index (χ0v) is 18.6. The van der Waals surface area contributed by atoms with Crippen LogP contribution in [-0.4, -0.2) is 21.1 Å². The first-order valence-electron chi connectivity index (χ1n) is 10.2. The van der Waals surface area contributed by atoms with Crippen molar-refractivity contribution >= 4 is 33.2 Å². The maximum atomic E-state index is 6.03. The molecule has 0 aliphatic rings. The van der Waals surface area contributed by atoms with Gasteiger partial charge in [-0.25, -0.2) is 15.0 Å². The van der Waals surface area contributed by atoms with Gasteiger partial charge < -0.3 is 10.1 Å². The Hall–Kier alpha value is -2.99. The summed E-state index contributed by atoms with van der Waals surface area (Å²) in [4.78, 5) is 14.6. The van der Waals surface area contributed by atoms with Crippen LogP contribution >= 0.6 is 11.3 Å². The highest BCUT2D eigenvalue weighted by Crippen LogP contribution is 2.34. The van der Waals surface area contributed by atoms with E-state index in [1.165, 1.54) is 16.7 Å². The number of aryl methyl sites for hydroxylation is 4. The van der Waals surface area contributed by atoms with Crippen LogP contribution in [0.2, 0.25) is 0 Å². The SMILES string of the molecule is Cc1cc(Nc2ncnc3sc(CCc4ccccc4)nc23)c(OC(C)C)cc1C. The summed E-state index contributed by atoms with van der Waals surface area (Å²) in [5.74, 6) is 1.53. The van der Waals surface area contributed by atoms with Crippen LogP contribution in [-0.2, 0) is 12.8 Å². The molecular formula is C24H26N4OS. The minimum absolute atomic E-state index is 0.0851. The van der Waals surface area contributed by atoms with Crippen molar-refractivity contribution in [3.8, 4) is 5.75 Å². The summed E-state index contributed by atoms with van der Waals surface area (Å²) in [5, 5.41) is 4.51. The average molecular weight is 419 g/mol. The number of hydrogen-bond donors (Lipinski definition) is 1. The molecule has 2 heterocycles. The van der Waals surface area contributed by atoms with Gasteiger partial charge in [0.2, 0.25) is 0 Å². The molecule has 1 N–H and O–H groups in total. The fourth-order valence-electron chi connectivity index (χ4n) is 3.26. The van der Waals surface area contributed by atoms with Crippen molar-refractivity contribution < 1.29 is 4.74 Å². The number of fused-ring (bicyclic) bond motifs is 1. The molecule has 0 aliphatic heterocycles. The number of thiazole rings is 1. The molecule has 0 amide bonds. The van der Waals surface area contributed by atoms with Crippen molar-refractivity contribution in [3.05, 3.63) is 70.5 Å². The van der Waals surface area contributed by atoms with E-state index >= 15 is 0 Å². The summed E-state index contributed by atoms with van der Waals surface area (Å²) >= 11 is 1.63. The molecule has 154 valence electrons. The van der Waals surface area contributed by atoms with Crippen molar-refractivity contribution in [1.29, 1.82) is 0 Å². The fraction of sp³-hybridized carbons (Fsp3) is 0.292. The van der Waals surface area contributed by atoms with Gasteiger partial charge in [-0.15, -0.1) is 0 Å². The van der Waals surface area contributed by atoms with Crippen molar-refractivity contribution in [3.63, 3.8) is 0 Å². The number of benzene rings is 2. The normalized spacial score (nSPS) is 11.2. The number of anilines is 2. The van der Waals surface area contributed by atoms with Gasteiger partial charge in [-0.1, -0.05) is 41.7 Å². The Bertz CT molecular complexity index is 1150. The van der Waals surface area contributed by atoms with Crippen molar-refractivity contribution in [2.24, 2.45) is 0 Å². The lowest BCUT2D eigenvalue weighted by Gasteiger charge is -2.17. The molecular weight excluding hydrogens is 392 g/mol. The molecule has 4 aromatic rings. The lowest BCUT2D eigenvalue weighted by atomic mass is 10.1. The molecule has 2 aromatic carbocycles. The van der Waals surface area contributed by atoms with E-state index in [1.807, 2.05) is 19.9 Å². The van der Waals surface area contributed by atoms with E-state index in [2.05, 4.69) is 65.5 Å². The minimum atomic E-state index is 0.0851. The number of ether oxygens (including phenoxy) is 1. The maximum Gasteiger partial charge on any atom is 0.161 e. The van der Waals surface area contributed by atoms with Crippen LogP contribution in [0.3, 0.4) is 0 Å². The second-order valence-corrected chi connectivity index (χ2v) is 8.76. The zero-order chi connectivity index (χ0) is 21.1. The molecule has 0 unspecified atom stereocenters. The summed E-state index contributed by atoms with van der Waals surface area (Å²) in [6.07, 6.45) is 3.52. The standard InChI is InChI=1S/C24H26N4OS/c1-15(2)29-20-13-17(4)16(3)12-19(20)27-23-22-24(26-14-25-23)30-21(28-22)11-10-18-8-6-5-7-9-18/h5-9,12-15H,10-11H2,1-4H3,(H,25,26,27). The Morgan fingerprint density at radius 2 is 1.77 bits per heavy atom. The first kappa shape index (κ1) is 20.3. The lowest BCUT2D eigenvalue weighted by molar-refractivity contribution is 0.243. The lowest BCUT2D eigenvalue weighted by Crippen LogP contribution is -2.08. The maximum absolute atomic E-state index is 6.03. The average Bonchev–Trinajstić information content (AvgIpc) is 3.15. The Morgan fingerprint density at radius 1 is 1.00 bits per heavy atom. The highest BCUT2D eigenvalue weighted by molar-refractivity contribution is 7.18. The molecule has 0 spiro atoms. The predicted octanol–water partition coefficient (Wildman–Crippen LogP) is 6.02. The largest absolute Gasteiger partial charge is 0.489 e. The van der Waals surface area contributed by atoms with Crippen LogP contribution in [0.15, 0.2) is 48.8 Å². The first-order valence-corrected chi connectivity index (χ1v) is 11.0. The van der Waals surface area contributed by atoms with Crippen LogP contribution in [0.1, 0.15) is 35.5 Å². The Morgan fingerprint density at radius 3 is 2.53 bits per heavy atom. The second-order valence-electron chi connectivity index (χ2n) is 7.69. The summed E-state index contributed by atoms with van der Waals surface area (Å²) in [7, 11) is 0. The van der Waals surface area contributed by atoms with Crippen LogP contribution < -0.4 is 10.1 Å². The summed E-state index contributed by atoms with van der Waals surface area (Å²) in [6, 6.07) is 14.7. The fourth-order valence-corrected chi connectivity index (χ4v) is 4.16. The van der Waals surface area contributed by atoms with Crippen molar-refractivity contribution in [1.82, 2.24) is 15.0 Å². The predicted molar refractivity (Wildman–Crippen MR) is 124 cm³/mol. The molecule has 0 atom stereocenters. The number of nitrogens with one attached hydrogen (secondary N) is 1. The van der Waals surface area contributed by atoms with Gasteiger partial charge in [0, 0.05) is 6.42 Å². The molecule has 0 saturated heterocycles. The molecule has 30 heavy (non-hydrogen) atoms. The van der Waals surface area contributed by atoms with Gasteiger partial charge in [-0.2, -0.15) is 0 Å². The van der Waals surface area contributed by atoms with Gasteiger partial charge in [0.05, 0.1) is 16.8 Å². The number of rotatable bonds is 7. The van der Waals surface area contributed by atoms with Crippen LogP contribution in [0.25, 0.3) is 10.3 Å². The van der Waals surface area contributed by atoms with E-state index in [4.69, 9.17) is 9.72 Å². The van der Waals surface area contributed by atoms with Gasteiger partial charge in [0.1, 0.15) is 22.4 Å². The molecule has 0 radical (unpaired) electrons. The van der Waals surface area contributed by atoms with E-state index in [-0.39, 0.29) is 6.10 Å². The first-order chi connectivity index (χ1) is 14.5. The number of hydrogen-bond acceptors (Lipinski definition) is 6. The van der Waals surface area contributed by atoms with Gasteiger partial charge in [0.25, 0.3) is 0 Å². The van der Waals surface area contributed by atoms with Crippen molar-refractivity contribution in [2.75, 3.05) is 5.32 Å². The molecule has 2 aromatic heterocycles. The van der Waals surface area contributed by atoms with Gasteiger partial charge in [0.15, 0.2) is 5.82 Å². The summed E-state index contributed by atoms with van der Waals surface area (Å²) in [6.45, 7) is 8.25. The third-order valence-electron chi connectivity index (χ3n) is 4.92. The molecule has 4 rings (SSSR count). The highest BCUT2D eigenvalue weighted by atomic mass is 32.1. The minimum Gasteiger partial charge on any atom is -0.489 e. The third-order valence-corrected chi connectivity index (χ3v) is 5.94. The highest BCUT2D eigenvalue weighted by Gasteiger charge is 2.14. The summed E-state index contributed by atoms with van der Waals surface area (Å²) in [5.41, 5.74) is 5.40. The smallest absolute Gasteiger partial charge is 0.161 e. The van der Waals surface area contributed by atoms with Gasteiger partial charge >= 0.3 is 0 Å². The number of aromatic nitrogens is 3. The van der Waals surface area contributed by atoms with E-state index in [1.54, 1.807) is 17.7 Å². The van der Waals surface area contributed by atoms with E-state index in [9.17, 15) is 0 Å². The Kier molecular flexibility index (Phi) is 5.95. The van der Waals surface area contributed by atoms with Gasteiger partial charge in [-0.3, -0.25) is 0 Å². The topological polar surface area (TPSA) is 59.9 Å². The molecule has 0 saturated carbocycles. The van der Waals surface area contributed by atoms with E-state index < -0.39 is 0 Å². The van der Waals surface area contributed by atoms with Crippen LogP contribution in [0.4, 0.5) is 11.5 Å². The van der Waals surface area contributed by atoms with Gasteiger partial charge in [-0.05, 0) is 62.9 Å². The summed E-state index contributed by atoms with van der Waals surface area (Å²) < 4.78 is 6.03. The second kappa shape index (κ2) is 8.79. The van der Waals surface area contributed by atoms with E-state index in [0.717, 1.165) is 39.6 Å². The Labute approximate surface area is 181 Å². The van der Waals surface area contributed by atoms with Crippen LogP contribution in [0.5, 0.6) is 5.75 Å². The monoisotopic (exact) mass is 418 g/mol. The third kappa shape index (κ3) is 4.60. The quantitative estimate of drug-likeness (QED) is 0.398. The zero-order valence-electron chi connectivity index (χ0n) is 17.8. The molecule has 0 bridgehead atoms. The van der Waals surface area contributed by atoms with E-state index in [0.29, 0.717) is 5.82 Å². The van der Waals surface area contributed by atoms with Crippen molar-refractivity contribution in [2.45, 2.75) is 46.6 Å². The number of nitrogens with zero attached hydrogens (tertiary/aromatic N) is 3. The molecule has 0 fully saturated rings. The molecule has 5 nitrogen and oxygen atoms in total. The molecule has 6 heteroatoms. The molecule has 0 aliphatic carbocycles.